The Morgan fingerprint density at radius 2 is 2.45 bits per heavy atom. The highest BCUT2D eigenvalue weighted by molar-refractivity contribution is 6.30. The number of aliphatic hydroxyl groups is 1. The molecule has 2 nitrogen and oxygen atoms in total. The van der Waals surface area contributed by atoms with Crippen LogP contribution in [0.15, 0.2) is 12.3 Å². The van der Waals surface area contributed by atoms with Gasteiger partial charge in [-0.2, -0.15) is 0 Å². The van der Waals surface area contributed by atoms with Gasteiger partial charge in [0, 0.05) is 6.20 Å². The van der Waals surface area contributed by atoms with Crippen LogP contribution in [-0.2, 0) is 6.42 Å². The van der Waals surface area contributed by atoms with Gasteiger partial charge >= 0.3 is 0 Å². The fourth-order valence-electron chi connectivity index (χ4n) is 1.42. The van der Waals surface area contributed by atoms with E-state index in [1.54, 1.807) is 6.20 Å². The monoisotopic (exact) mass is 169 g/mol. The van der Waals surface area contributed by atoms with Crippen molar-refractivity contribution in [3.05, 3.63) is 28.5 Å². The van der Waals surface area contributed by atoms with Crippen molar-refractivity contribution >= 4 is 11.6 Å². The van der Waals surface area contributed by atoms with E-state index in [1.165, 1.54) is 0 Å². The van der Waals surface area contributed by atoms with Crippen molar-refractivity contribution in [3.8, 4) is 0 Å². The summed E-state index contributed by atoms with van der Waals surface area (Å²) in [7, 11) is 0. The number of hydrogen-bond donors (Lipinski definition) is 1. The van der Waals surface area contributed by atoms with Crippen LogP contribution in [0.25, 0.3) is 0 Å². The summed E-state index contributed by atoms with van der Waals surface area (Å²) < 4.78 is 0. The molecule has 1 aromatic rings. The molecule has 0 aromatic carbocycles. The summed E-state index contributed by atoms with van der Waals surface area (Å²) >= 11 is 5.73. The molecular weight excluding hydrogens is 162 g/mol. The number of nitrogens with zero attached hydrogens (tertiary/aromatic N) is 1. The fraction of sp³-hybridized carbons (Fsp3) is 0.375. The topological polar surface area (TPSA) is 33.1 Å². The van der Waals surface area contributed by atoms with Crippen LogP contribution in [0.2, 0.25) is 5.02 Å². The lowest BCUT2D eigenvalue weighted by Crippen LogP contribution is -1.93. The van der Waals surface area contributed by atoms with Gasteiger partial charge in [0.15, 0.2) is 0 Å². The van der Waals surface area contributed by atoms with E-state index >= 15 is 0 Å². The number of fused-ring (bicyclic) bond motifs is 1. The molecule has 0 unspecified atom stereocenters. The van der Waals surface area contributed by atoms with Crippen LogP contribution in [0.5, 0.6) is 0 Å². The Kier molecular flexibility index (Phi) is 1.59. The first-order valence-corrected chi connectivity index (χ1v) is 3.97. The molecule has 1 aliphatic rings. The van der Waals surface area contributed by atoms with Crippen molar-refractivity contribution in [2.24, 2.45) is 0 Å². The smallest absolute Gasteiger partial charge is 0.0965 e. The maximum atomic E-state index is 9.37. The van der Waals surface area contributed by atoms with Crippen molar-refractivity contribution in [1.29, 1.82) is 0 Å². The Hall–Kier alpha value is -0.600. The van der Waals surface area contributed by atoms with E-state index < -0.39 is 0 Å². The molecule has 2 rings (SSSR count). The van der Waals surface area contributed by atoms with Crippen LogP contribution in [-0.4, -0.2) is 10.1 Å². The highest BCUT2D eigenvalue weighted by Gasteiger charge is 2.21. The predicted molar refractivity (Wildman–Crippen MR) is 42.5 cm³/mol. The molecule has 11 heavy (non-hydrogen) atoms. The minimum Gasteiger partial charge on any atom is -0.387 e. The summed E-state index contributed by atoms with van der Waals surface area (Å²) in [5.74, 6) is 0. The van der Waals surface area contributed by atoms with Gasteiger partial charge in [-0.1, -0.05) is 11.6 Å². The van der Waals surface area contributed by atoms with Crippen LogP contribution in [0.3, 0.4) is 0 Å². The molecule has 0 spiro atoms. The SMILES string of the molecule is O[C@H]1CCc2cc(Cl)cnc21. The summed E-state index contributed by atoms with van der Waals surface area (Å²) in [5, 5.41) is 10.0. The van der Waals surface area contributed by atoms with E-state index in [1.807, 2.05) is 6.07 Å². The molecule has 0 amide bonds. The molecule has 1 heterocycles. The third-order valence-electron chi connectivity index (χ3n) is 1.97. The first kappa shape index (κ1) is 7.07. The van der Waals surface area contributed by atoms with Crippen molar-refractivity contribution in [2.45, 2.75) is 18.9 Å². The number of hydrogen-bond acceptors (Lipinski definition) is 2. The normalized spacial score (nSPS) is 21.8. The second-order valence-electron chi connectivity index (χ2n) is 2.75. The molecule has 0 saturated carbocycles. The zero-order chi connectivity index (χ0) is 7.84. The Labute approximate surface area is 69.8 Å². The molecule has 0 bridgehead atoms. The summed E-state index contributed by atoms with van der Waals surface area (Å²) in [5.41, 5.74) is 1.89. The van der Waals surface area contributed by atoms with Gasteiger partial charge in [0.2, 0.25) is 0 Å². The summed E-state index contributed by atoms with van der Waals surface area (Å²) in [6, 6.07) is 1.88. The third kappa shape index (κ3) is 1.12. The van der Waals surface area contributed by atoms with E-state index in [-0.39, 0.29) is 6.10 Å². The van der Waals surface area contributed by atoms with Crippen LogP contribution in [0.4, 0.5) is 0 Å². The number of rotatable bonds is 0. The standard InChI is InChI=1S/C8H8ClNO/c9-6-3-5-1-2-7(11)8(5)10-4-6/h3-4,7,11H,1-2H2/t7-/m0/s1. The van der Waals surface area contributed by atoms with Crippen molar-refractivity contribution in [3.63, 3.8) is 0 Å². The van der Waals surface area contributed by atoms with E-state index in [0.717, 1.165) is 24.1 Å². The van der Waals surface area contributed by atoms with Gasteiger partial charge in [0.25, 0.3) is 0 Å². The van der Waals surface area contributed by atoms with Gasteiger partial charge in [-0.15, -0.1) is 0 Å². The third-order valence-corrected chi connectivity index (χ3v) is 2.18. The van der Waals surface area contributed by atoms with Crippen LogP contribution >= 0.6 is 11.6 Å². The minimum absolute atomic E-state index is 0.373. The van der Waals surface area contributed by atoms with Crippen LogP contribution < -0.4 is 0 Å². The van der Waals surface area contributed by atoms with Gasteiger partial charge in [0.1, 0.15) is 0 Å². The number of pyridine rings is 1. The molecule has 1 atom stereocenters. The van der Waals surface area contributed by atoms with E-state index in [0.29, 0.717) is 5.02 Å². The molecule has 0 saturated heterocycles. The summed E-state index contributed by atoms with van der Waals surface area (Å²) in [4.78, 5) is 4.06. The Bertz CT molecular complexity index is 287. The van der Waals surface area contributed by atoms with Crippen molar-refractivity contribution in [1.82, 2.24) is 4.98 Å². The van der Waals surface area contributed by atoms with Crippen molar-refractivity contribution in [2.75, 3.05) is 0 Å². The molecule has 0 aliphatic heterocycles. The first-order valence-electron chi connectivity index (χ1n) is 3.60. The second-order valence-corrected chi connectivity index (χ2v) is 3.19. The zero-order valence-corrected chi connectivity index (χ0v) is 6.67. The van der Waals surface area contributed by atoms with Gasteiger partial charge in [-0.25, -0.2) is 0 Å². The average Bonchev–Trinajstić information content (AvgIpc) is 2.32. The molecule has 0 fully saturated rings. The molecular formula is C8H8ClNO. The van der Waals surface area contributed by atoms with Gasteiger partial charge in [0.05, 0.1) is 16.8 Å². The Balaban J connectivity index is 2.50. The van der Waals surface area contributed by atoms with Gasteiger partial charge in [-0.05, 0) is 24.5 Å². The van der Waals surface area contributed by atoms with E-state index in [4.69, 9.17) is 11.6 Å². The first-order chi connectivity index (χ1) is 5.27. The maximum Gasteiger partial charge on any atom is 0.0965 e. The van der Waals surface area contributed by atoms with Gasteiger partial charge < -0.3 is 5.11 Å². The number of aliphatic hydroxyl groups excluding tert-OH is 1. The number of aromatic nitrogens is 1. The second kappa shape index (κ2) is 2.47. The zero-order valence-electron chi connectivity index (χ0n) is 5.92. The average molecular weight is 170 g/mol. The molecule has 0 radical (unpaired) electrons. The summed E-state index contributed by atoms with van der Waals surface area (Å²) in [6.07, 6.45) is 2.88. The maximum absolute atomic E-state index is 9.37. The minimum atomic E-state index is -0.373. The molecule has 58 valence electrons. The Morgan fingerprint density at radius 1 is 1.64 bits per heavy atom. The lowest BCUT2D eigenvalue weighted by molar-refractivity contribution is 0.176. The molecule has 1 aromatic heterocycles. The molecule has 1 N–H and O–H groups in total. The molecule has 1 aliphatic carbocycles. The predicted octanol–water partition coefficient (Wildman–Crippen LogP) is 1.71. The van der Waals surface area contributed by atoms with E-state index in [9.17, 15) is 5.11 Å². The molecule has 3 heteroatoms. The van der Waals surface area contributed by atoms with Crippen LogP contribution in [0, 0.1) is 0 Å². The largest absolute Gasteiger partial charge is 0.387 e. The van der Waals surface area contributed by atoms with Crippen LogP contribution in [0.1, 0.15) is 23.8 Å². The Morgan fingerprint density at radius 3 is 3.27 bits per heavy atom. The quantitative estimate of drug-likeness (QED) is 0.642. The lowest BCUT2D eigenvalue weighted by atomic mass is 10.2. The highest BCUT2D eigenvalue weighted by Crippen LogP contribution is 2.30. The van der Waals surface area contributed by atoms with Crippen molar-refractivity contribution < 1.29 is 5.11 Å². The summed E-state index contributed by atoms with van der Waals surface area (Å²) in [6.45, 7) is 0. The lowest BCUT2D eigenvalue weighted by Gasteiger charge is -2.00. The number of aryl methyl sites for hydroxylation is 1. The van der Waals surface area contributed by atoms with E-state index in [2.05, 4.69) is 4.98 Å². The van der Waals surface area contributed by atoms with Gasteiger partial charge in [-0.3, -0.25) is 4.98 Å². The number of halogens is 1. The fourth-order valence-corrected chi connectivity index (χ4v) is 1.60. The highest BCUT2D eigenvalue weighted by atomic mass is 35.5.